The Hall–Kier alpha value is -3.12. The second-order valence-corrected chi connectivity index (χ2v) is 4.62. The molecule has 0 saturated carbocycles. The van der Waals surface area contributed by atoms with Gasteiger partial charge >= 0.3 is 0 Å². The molecule has 0 unspecified atom stereocenters. The van der Waals surface area contributed by atoms with Crippen molar-refractivity contribution < 1.29 is 0 Å². The molecule has 0 aromatic heterocycles. The summed E-state index contributed by atoms with van der Waals surface area (Å²) < 4.78 is 0. The summed E-state index contributed by atoms with van der Waals surface area (Å²) in [6.45, 7) is 32.0. The fourth-order valence-corrected chi connectivity index (χ4v) is 1.54. The molecular formula is C43H84. The van der Waals surface area contributed by atoms with Gasteiger partial charge < -0.3 is 0 Å². The van der Waals surface area contributed by atoms with Gasteiger partial charge in [0.15, 0.2) is 0 Å². The van der Waals surface area contributed by atoms with Gasteiger partial charge in [0.25, 0.3) is 0 Å². The second kappa shape index (κ2) is 128. The van der Waals surface area contributed by atoms with E-state index in [9.17, 15) is 0 Å². The van der Waals surface area contributed by atoms with E-state index in [0.717, 1.165) is 0 Å². The molecule has 0 N–H and O–H groups in total. The first-order valence-corrected chi connectivity index (χ1v) is 16.0. The SMILES string of the molecule is C.C.C.CC.CC.CC.CC.CC.CC.CC.CC.c1ccccc1.c1ccccc1.c1ccccc1.c1ccccc1. The Morgan fingerprint density at radius 3 is 0.163 bits per heavy atom. The quantitative estimate of drug-likeness (QED) is 0.188. The zero-order valence-corrected chi connectivity index (χ0v) is 29.9. The van der Waals surface area contributed by atoms with Gasteiger partial charge in [0.05, 0.1) is 0 Å². The van der Waals surface area contributed by atoms with Crippen LogP contribution in [0.5, 0.6) is 0 Å². The lowest BCUT2D eigenvalue weighted by Crippen LogP contribution is -1.47. The maximum atomic E-state index is 2.00. The van der Waals surface area contributed by atoms with E-state index in [0.29, 0.717) is 0 Å². The third kappa shape index (κ3) is 121. The van der Waals surface area contributed by atoms with Crippen LogP contribution in [-0.4, -0.2) is 0 Å². The summed E-state index contributed by atoms with van der Waals surface area (Å²) in [6, 6.07) is 48.0. The van der Waals surface area contributed by atoms with Crippen LogP contribution in [0, 0.1) is 0 Å². The first kappa shape index (κ1) is 72.3. The van der Waals surface area contributed by atoms with Crippen LogP contribution < -0.4 is 0 Å². The van der Waals surface area contributed by atoms with Gasteiger partial charge in [0.1, 0.15) is 0 Å². The van der Waals surface area contributed by atoms with Crippen molar-refractivity contribution >= 4 is 0 Å². The first-order chi connectivity index (χ1) is 20.0. The lowest BCUT2D eigenvalue weighted by molar-refractivity contribution is 1.50. The lowest BCUT2D eigenvalue weighted by atomic mass is 10.4. The molecule has 0 heterocycles. The minimum absolute atomic E-state index is 0. The van der Waals surface area contributed by atoms with Crippen molar-refractivity contribution in [3.8, 4) is 0 Å². The Morgan fingerprint density at radius 2 is 0.140 bits per heavy atom. The lowest BCUT2D eigenvalue weighted by Gasteiger charge is -1.69. The number of benzene rings is 4. The van der Waals surface area contributed by atoms with Gasteiger partial charge in [0, 0.05) is 0 Å². The minimum atomic E-state index is 0. The smallest absolute Gasteiger partial charge is 0.0623 e. The maximum Gasteiger partial charge on any atom is -0.0623 e. The summed E-state index contributed by atoms with van der Waals surface area (Å²) in [5.41, 5.74) is 0. The summed E-state index contributed by atoms with van der Waals surface area (Å²) in [5, 5.41) is 0. The van der Waals surface area contributed by atoms with E-state index in [1.807, 2.05) is 256 Å². The Kier molecular flexibility index (Phi) is 215. The monoisotopic (exact) mass is 601 g/mol. The van der Waals surface area contributed by atoms with Crippen molar-refractivity contribution in [3.63, 3.8) is 0 Å². The average molecular weight is 601 g/mol. The maximum absolute atomic E-state index is 2.00. The highest BCUT2D eigenvalue weighted by atomic mass is 13.7. The molecule has 4 aromatic rings. The second-order valence-electron chi connectivity index (χ2n) is 4.62. The molecule has 0 aliphatic rings. The summed E-state index contributed by atoms with van der Waals surface area (Å²) in [6.07, 6.45) is 0. The van der Waals surface area contributed by atoms with Gasteiger partial charge in [0.2, 0.25) is 0 Å². The van der Waals surface area contributed by atoms with E-state index in [1.165, 1.54) is 0 Å². The fraction of sp³-hybridized carbons (Fsp3) is 0.442. The molecule has 0 radical (unpaired) electrons. The molecule has 0 aliphatic heterocycles. The van der Waals surface area contributed by atoms with Crippen LogP contribution in [0.4, 0.5) is 0 Å². The van der Waals surface area contributed by atoms with Crippen molar-refractivity contribution in [3.05, 3.63) is 146 Å². The van der Waals surface area contributed by atoms with Crippen molar-refractivity contribution in [2.75, 3.05) is 0 Å². The van der Waals surface area contributed by atoms with Crippen molar-refractivity contribution in [1.82, 2.24) is 0 Å². The van der Waals surface area contributed by atoms with E-state index in [1.54, 1.807) is 0 Å². The van der Waals surface area contributed by atoms with Gasteiger partial charge in [-0.1, -0.05) is 279 Å². The molecule has 0 spiro atoms. The molecule has 0 fully saturated rings. The first-order valence-electron chi connectivity index (χ1n) is 16.0. The van der Waals surface area contributed by atoms with Gasteiger partial charge in [-0.2, -0.15) is 0 Å². The predicted octanol–water partition coefficient (Wildman–Crippen LogP) is 16.9. The highest BCUT2D eigenvalue weighted by Gasteiger charge is 1.59. The molecule has 4 aromatic carbocycles. The van der Waals surface area contributed by atoms with E-state index < -0.39 is 0 Å². The molecule has 0 saturated heterocycles. The Balaban J connectivity index is -0.0000000300. The van der Waals surface area contributed by atoms with Crippen LogP contribution in [0.25, 0.3) is 0 Å². The van der Waals surface area contributed by atoms with Crippen LogP contribution in [0.2, 0.25) is 0 Å². The van der Waals surface area contributed by atoms with Crippen LogP contribution in [0.15, 0.2) is 146 Å². The predicted molar refractivity (Wildman–Crippen MR) is 217 cm³/mol. The molecule has 4 rings (SSSR count). The van der Waals surface area contributed by atoms with Gasteiger partial charge in [-0.25, -0.2) is 0 Å². The number of rotatable bonds is 0. The molecule has 0 amide bonds. The van der Waals surface area contributed by atoms with Crippen molar-refractivity contribution in [2.45, 2.75) is 133 Å². The van der Waals surface area contributed by atoms with Crippen LogP contribution in [0.3, 0.4) is 0 Å². The molecule has 0 atom stereocenters. The molecule has 43 heavy (non-hydrogen) atoms. The Morgan fingerprint density at radius 1 is 0.116 bits per heavy atom. The summed E-state index contributed by atoms with van der Waals surface area (Å²) in [4.78, 5) is 0. The topological polar surface area (TPSA) is 0 Å². The zero-order valence-electron chi connectivity index (χ0n) is 29.9. The third-order valence-corrected chi connectivity index (χ3v) is 2.67. The van der Waals surface area contributed by atoms with E-state index in [4.69, 9.17) is 0 Å². The highest BCUT2D eigenvalue weighted by molar-refractivity contribution is 5.00. The van der Waals surface area contributed by atoms with Crippen molar-refractivity contribution in [2.24, 2.45) is 0 Å². The fourth-order valence-electron chi connectivity index (χ4n) is 1.54. The molecule has 0 bridgehead atoms. The highest BCUT2D eigenvalue weighted by Crippen LogP contribution is 1.81. The molecule has 0 heteroatoms. The molecule has 0 nitrogen and oxygen atoms in total. The van der Waals surface area contributed by atoms with E-state index in [-0.39, 0.29) is 22.3 Å². The van der Waals surface area contributed by atoms with Crippen LogP contribution >= 0.6 is 0 Å². The largest absolute Gasteiger partial charge is 0.0776 e. The Bertz CT molecular complexity index is 414. The summed E-state index contributed by atoms with van der Waals surface area (Å²) in [7, 11) is 0. The van der Waals surface area contributed by atoms with Gasteiger partial charge in [-0.3, -0.25) is 0 Å². The molecule has 256 valence electrons. The summed E-state index contributed by atoms with van der Waals surface area (Å²) >= 11 is 0. The zero-order chi connectivity index (χ0) is 33.0. The van der Waals surface area contributed by atoms with Gasteiger partial charge in [-0.05, 0) is 0 Å². The normalized spacial score (nSPS) is 5.58. The van der Waals surface area contributed by atoms with Gasteiger partial charge in [-0.15, -0.1) is 0 Å². The third-order valence-electron chi connectivity index (χ3n) is 2.67. The van der Waals surface area contributed by atoms with Crippen LogP contribution in [-0.2, 0) is 0 Å². The number of hydrogen-bond acceptors (Lipinski definition) is 0. The number of hydrogen-bond donors (Lipinski definition) is 0. The molecular weight excluding hydrogens is 516 g/mol. The van der Waals surface area contributed by atoms with Crippen molar-refractivity contribution in [1.29, 1.82) is 0 Å². The van der Waals surface area contributed by atoms with Crippen LogP contribution in [0.1, 0.15) is 133 Å². The minimum Gasteiger partial charge on any atom is -0.0776 e. The average Bonchev–Trinajstić information content (AvgIpc) is 3.15. The summed E-state index contributed by atoms with van der Waals surface area (Å²) in [5.74, 6) is 0. The van der Waals surface area contributed by atoms with E-state index >= 15 is 0 Å². The standard InChI is InChI=1S/4C6H6.8C2H6.3CH4/c4*1-2-4-6-5-3-1;8*1-2;;;/h4*1-6H;8*1-2H3;3*1H4. The molecule has 0 aliphatic carbocycles. The van der Waals surface area contributed by atoms with E-state index in [2.05, 4.69) is 0 Å². The Labute approximate surface area is 278 Å².